The molecule has 5 aromatic rings. The normalized spacial score (nSPS) is 23.6. The number of imide groups is 1. The molecule has 1 spiro atoms. The number of morpholine rings is 1. The number of hydrogen-bond acceptors (Lipinski definition) is 8. The highest BCUT2D eigenvalue weighted by Gasteiger charge is 2.75. The van der Waals surface area contributed by atoms with Gasteiger partial charge >= 0.3 is 18.0 Å². The first-order valence-electron chi connectivity index (χ1n) is 19.0. The van der Waals surface area contributed by atoms with Gasteiger partial charge < -0.3 is 31.9 Å². The van der Waals surface area contributed by atoms with E-state index in [1.54, 1.807) is 37.3 Å². The number of anilines is 1. The van der Waals surface area contributed by atoms with Crippen molar-refractivity contribution in [1.82, 2.24) is 15.5 Å². The van der Waals surface area contributed by atoms with Gasteiger partial charge in [0.15, 0.2) is 0 Å². The highest BCUT2D eigenvalue weighted by Crippen LogP contribution is 2.65. The van der Waals surface area contributed by atoms with Gasteiger partial charge in [0.1, 0.15) is 23.3 Å². The van der Waals surface area contributed by atoms with Crippen molar-refractivity contribution in [3.05, 3.63) is 167 Å². The molecule has 5 aromatic carbocycles. The molecule has 13 nitrogen and oxygen atoms in total. The van der Waals surface area contributed by atoms with Gasteiger partial charge in [-0.3, -0.25) is 19.3 Å². The molecule has 3 aliphatic heterocycles. The van der Waals surface area contributed by atoms with Gasteiger partial charge in [-0.1, -0.05) is 115 Å². The molecular formula is C46H40N6O7. The fourth-order valence-corrected chi connectivity index (χ4v) is 9.02. The number of ether oxygens (including phenoxy) is 1. The van der Waals surface area contributed by atoms with Gasteiger partial charge in [0.05, 0.1) is 36.3 Å². The molecule has 0 saturated carbocycles. The van der Waals surface area contributed by atoms with Crippen molar-refractivity contribution in [2.24, 2.45) is 17.4 Å². The molecule has 59 heavy (non-hydrogen) atoms. The molecule has 0 aliphatic carbocycles. The lowest BCUT2D eigenvalue weighted by atomic mass is 9.65. The van der Waals surface area contributed by atoms with Gasteiger partial charge in [-0.25, -0.2) is 14.5 Å². The van der Waals surface area contributed by atoms with Crippen LogP contribution in [0.4, 0.5) is 15.3 Å². The topological polar surface area (TPSA) is 197 Å². The minimum Gasteiger partial charge on any atom is -0.508 e. The molecule has 6 amide bonds. The number of benzene rings is 5. The smallest absolute Gasteiger partial charge is 0.329 e. The second-order valence-electron chi connectivity index (χ2n) is 14.7. The van der Waals surface area contributed by atoms with Gasteiger partial charge in [-0.2, -0.15) is 0 Å². The van der Waals surface area contributed by atoms with E-state index in [1.807, 2.05) is 95.9 Å². The highest BCUT2D eigenvalue weighted by molar-refractivity contribution is 6.24. The lowest BCUT2D eigenvalue weighted by Gasteiger charge is -2.46. The van der Waals surface area contributed by atoms with Crippen molar-refractivity contribution < 1.29 is 33.8 Å². The van der Waals surface area contributed by atoms with Crippen LogP contribution in [0.2, 0.25) is 0 Å². The number of cyclic esters (lactones) is 1. The number of nitrogens with two attached hydrogens (primary N) is 2. The molecule has 0 radical (unpaired) electrons. The minimum absolute atomic E-state index is 0.0557. The molecule has 7 N–H and O–H groups in total. The summed E-state index contributed by atoms with van der Waals surface area (Å²) < 4.78 is 6.35. The third-order valence-corrected chi connectivity index (χ3v) is 11.4. The van der Waals surface area contributed by atoms with E-state index < -0.39 is 71.5 Å². The van der Waals surface area contributed by atoms with Gasteiger partial charge in [0, 0.05) is 5.56 Å². The molecule has 7 atom stereocenters. The van der Waals surface area contributed by atoms with Crippen LogP contribution < -0.4 is 27.0 Å². The number of aromatic hydroxyl groups is 1. The quantitative estimate of drug-likeness (QED) is 0.112. The Balaban J connectivity index is 1.40. The number of carbonyl (C=O) groups excluding carboxylic acids is 5. The van der Waals surface area contributed by atoms with E-state index in [0.717, 1.165) is 16.0 Å². The number of carbonyl (C=O) groups is 5. The van der Waals surface area contributed by atoms with E-state index in [-0.39, 0.29) is 23.5 Å². The van der Waals surface area contributed by atoms with Crippen LogP contribution in [0.5, 0.6) is 5.75 Å². The van der Waals surface area contributed by atoms with E-state index in [0.29, 0.717) is 16.7 Å². The van der Waals surface area contributed by atoms with Crippen molar-refractivity contribution in [3.63, 3.8) is 0 Å². The Bertz CT molecular complexity index is 2510. The zero-order chi connectivity index (χ0) is 41.4. The Labute approximate surface area is 339 Å². The zero-order valence-corrected chi connectivity index (χ0v) is 31.8. The monoisotopic (exact) mass is 788 g/mol. The molecule has 13 heteroatoms. The summed E-state index contributed by atoms with van der Waals surface area (Å²) in [7, 11) is 0. The highest BCUT2D eigenvalue weighted by atomic mass is 16.6. The fourth-order valence-electron chi connectivity index (χ4n) is 9.02. The predicted molar refractivity (Wildman–Crippen MR) is 217 cm³/mol. The number of primary amides is 2. The number of hydrogen-bond donors (Lipinski definition) is 5. The van der Waals surface area contributed by atoms with Gasteiger partial charge in [0.2, 0.25) is 11.8 Å². The molecule has 0 aromatic heterocycles. The van der Waals surface area contributed by atoms with Gasteiger partial charge in [-0.05, 0) is 65.1 Å². The number of fused-ring (bicyclic) bond motifs is 3. The Morgan fingerprint density at radius 1 is 0.814 bits per heavy atom. The second-order valence-corrected chi connectivity index (χ2v) is 14.7. The summed E-state index contributed by atoms with van der Waals surface area (Å²) in [6.45, 7) is 1.71. The molecule has 3 aliphatic rings. The largest absolute Gasteiger partial charge is 0.508 e. The third-order valence-electron chi connectivity index (χ3n) is 11.4. The molecule has 8 rings (SSSR count). The summed E-state index contributed by atoms with van der Waals surface area (Å²) in [5.74, 6) is 1.64. The van der Waals surface area contributed by atoms with E-state index in [2.05, 4.69) is 22.5 Å². The summed E-state index contributed by atoms with van der Waals surface area (Å²) >= 11 is 0. The van der Waals surface area contributed by atoms with Crippen LogP contribution in [0.3, 0.4) is 0 Å². The molecule has 2 fully saturated rings. The van der Waals surface area contributed by atoms with Crippen LogP contribution in [-0.2, 0) is 24.5 Å². The predicted octanol–water partition coefficient (Wildman–Crippen LogP) is 5.03. The molecule has 0 unspecified atom stereocenters. The number of nitrogens with one attached hydrogen (secondary N) is 2. The number of nitrogens with zero attached hydrogens (tertiary/aromatic N) is 2. The van der Waals surface area contributed by atoms with E-state index in [4.69, 9.17) is 16.2 Å². The maximum absolute atomic E-state index is 15.9. The first kappa shape index (κ1) is 38.4. The lowest BCUT2D eigenvalue weighted by molar-refractivity contribution is -0.178. The SMILES string of the molecule is C[C@@H](NC(=O)N1C(=O)[C@@]2(c3cc(C#CCNC(N)=O)ccc31)[C@H](c1ccc(O)cc1)N1[C@H](c3ccccc3)[C@H](c3ccccc3)OC(=O)[C@H]1[C@@H]2C(N)=O)c1ccccc1. The lowest BCUT2D eigenvalue weighted by Crippen LogP contribution is -2.55. The van der Waals surface area contributed by atoms with E-state index in [9.17, 15) is 24.3 Å². The number of urea groups is 2. The average molecular weight is 789 g/mol. The Hall–Kier alpha value is -7.43. The van der Waals surface area contributed by atoms with Gasteiger partial charge in [0.25, 0.3) is 0 Å². The number of phenolic OH excluding ortho intramolecular Hbond substituents is 1. The minimum atomic E-state index is -2.04. The first-order chi connectivity index (χ1) is 28.5. The summed E-state index contributed by atoms with van der Waals surface area (Å²) in [6, 6.07) is 33.3. The van der Waals surface area contributed by atoms with E-state index in [1.165, 1.54) is 12.1 Å². The van der Waals surface area contributed by atoms with Gasteiger partial charge in [-0.15, -0.1) is 0 Å². The zero-order valence-electron chi connectivity index (χ0n) is 31.8. The van der Waals surface area contributed by atoms with Crippen molar-refractivity contribution in [1.29, 1.82) is 0 Å². The van der Waals surface area contributed by atoms with Crippen LogP contribution in [0.1, 0.15) is 64.5 Å². The summed E-state index contributed by atoms with van der Waals surface area (Å²) in [6.07, 6.45) is -0.914. The molecule has 296 valence electrons. The standard InChI is InChI=1S/C46H40N6O7/c1-27(29-13-5-2-6-14-29)50-45(58)51-35-24-19-28(12-11-25-49-44(48)57)26-34(35)46(43(51)56)36(41(47)54)38-42(55)59-39(31-17-9-4-10-18-31)37(30-15-7-3-8-16-30)52(38)40(46)32-20-22-33(53)23-21-32/h2-10,13-24,26-27,36-40,53H,25H2,1H3,(H2,47,54)(H,50,58)(H3,48,49,57)/t27-,36-,37-,38-,39+,40+,46-/m1/s1. The van der Waals surface area contributed by atoms with Crippen LogP contribution >= 0.6 is 0 Å². The Morgan fingerprint density at radius 3 is 2.07 bits per heavy atom. The maximum Gasteiger partial charge on any atom is 0.329 e. The van der Waals surface area contributed by atoms with Crippen molar-refractivity contribution in [3.8, 4) is 17.6 Å². The van der Waals surface area contributed by atoms with Crippen molar-refractivity contribution in [2.45, 2.75) is 42.6 Å². The summed E-state index contributed by atoms with van der Waals surface area (Å²) in [5, 5.41) is 15.9. The van der Waals surface area contributed by atoms with Crippen molar-refractivity contribution in [2.75, 3.05) is 11.4 Å². The third kappa shape index (κ3) is 6.59. The Morgan fingerprint density at radius 2 is 1.44 bits per heavy atom. The van der Waals surface area contributed by atoms with Crippen molar-refractivity contribution >= 4 is 35.5 Å². The van der Waals surface area contributed by atoms with Crippen LogP contribution in [-0.4, -0.2) is 52.4 Å². The summed E-state index contributed by atoms with van der Waals surface area (Å²) in [4.78, 5) is 73.9. The Kier molecular flexibility index (Phi) is 10.1. The van der Waals surface area contributed by atoms with Crippen LogP contribution in [0.25, 0.3) is 0 Å². The number of rotatable bonds is 7. The van der Waals surface area contributed by atoms with E-state index >= 15 is 4.79 Å². The second kappa shape index (κ2) is 15.5. The van der Waals surface area contributed by atoms with Crippen LogP contribution in [0, 0.1) is 17.8 Å². The molecule has 0 bridgehead atoms. The number of phenols is 1. The number of amides is 6. The summed E-state index contributed by atoms with van der Waals surface area (Å²) in [5.41, 5.74) is 13.0. The fraction of sp³-hybridized carbons (Fsp3) is 0.196. The average Bonchev–Trinajstić information content (AvgIpc) is 3.70. The molecule has 2 saturated heterocycles. The van der Waals surface area contributed by atoms with Crippen LogP contribution in [0.15, 0.2) is 133 Å². The molecule has 3 heterocycles. The first-order valence-corrected chi connectivity index (χ1v) is 19.0. The maximum atomic E-state index is 15.9. The number of esters is 1. The molecular weight excluding hydrogens is 749 g/mol.